The molecule has 0 saturated heterocycles. The van der Waals surface area contributed by atoms with Gasteiger partial charge in [-0.1, -0.05) is 10.6 Å². The van der Waals surface area contributed by atoms with Crippen molar-refractivity contribution in [3.05, 3.63) is 35.5 Å². The zero-order valence-electron chi connectivity index (χ0n) is 10.2. The van der Waals surface area contributed by atoms with Crippen LogP contribution >= 0.6 is 11.5 Å². The molecule has 0 fully saturated rings. The van der Waals surface area contributed by atoms with E-state index < -0.39 is 0 Å². The van der Waals surface area contributed by atoms with Gasteiger partial charge in [-0.25, -0.2) is 0 Å². The number of benzene rings is 1. The van der Waals surface area contributed by atoms with Gasteiger partial charge < -0.3 is 10.1 Å². The van der Waals surface area contributed by atoms with Crippen molar-refractivity contribution >= 4 is 16.5 Å². The number of nitrogens with one attached hydrogen (secondary N) is 1. The fourth-order valence-corrected chi connectivity index (χ4v) is 2.91. The maximum Gasteiger partial charge on any atom is 0.130 e. The Balaban J connectivity index is 1.75. The molecular weight excluding hydrogens is 246 g/mol. The van der Waals surface area contributed by atoms with Crippen molar-refractivity contribution in [1.82, 2.24) is 9.59 Å². The Morgan fingerprint density at radius 3 is 3.11 bits per heavy atom. The molecule has 4 nitrogen and oxygen atoms in total. The molecule has 94 valence electrons. The van der Waals surface area contributed by atoms with Gasteiger partial charge in [-0.05, 0) is 42.5 Å². The number of anilines is 1. The molecule has 3 rings (SSSR count). The third kappa shape index (κ3) is 2.31. The summed E-state index contributed by atoms with van der Waals surface area (Å²) in [6, 6.07) is 6.83. The molecule has 0 aliphatic heterocycles. The smallest absolute Gasteiger partial charge is 0.130 e. The van der Waals surface area contributed by atoms with Gasteiger partial charge in [0.25, 0.3) is 0 Å². The second-order valence-electron chi connectivity index (χ2n) is 4.50. The number of hydrogen-bond acceptors (Lipinski definition) is 5. The van der Waals surface area contributed by atoms with E-state index in [4.69, 9.17) is 4.74 Å². The summed E-state index contributed by atoms with van der Waals surface area (Å²) in [6.07, 6.45) is 5.08. The zero-order valence-corrected chi connectivity index (χ0v) is 11.0. The van der Waals surface area contributed by atoms with Gasteiger partial charge in [0.15, 0.2) is 0 Å². The molecule has 1 unspecified atom stereocenters. The second kappa shape index (κ2) is 4.94. The minimum atomic E-state index is 0.465. The molecule has 18 heavy (non-hydrogen) atoms. The van der Waals surface area contributed by atoms with Crippen molar-refractivity contribution < 1.29 is 4.74 Å². The molecule has 1 atom stereocenters. The summed E-state index contributed by atoms with van der Waals surface area (Å²) in [5, 5.41) is 8.38. The van der Waals surface area contributed by atoms with Gasteiger partial charge in [0, 0.05) is 17.6 Å². The van der Waals surface area contributed by atoms with Crippen LogP contribution in [-0.4, -0.2) is 22.7 Å². The first-order chi connectivity index (χ1) is 8.85. The first-order valence-corrected chi connectivity index (χ1v) is 6.82. The van der Waals surface area contributed by atoms with Gasteiger partial charge in [0.1, 0.15) is 10.8 Å². The number of fused-ring (bicyclic) bond motifs is 1. The van der Waals surface area contributed by atoms with Gasteiger partial charge in [-0.3, -0.25) is 0 Å². The second-order valence-corrected chi connectivity index (χ2v) is 5.29. The molecule has 2 aromatic rings. The lowest BCUT2D eigenvalue weighted by Gasteiger charge is -2.25. The molecule has 1 N–H and O–H groups in total. The Kier molecular flexibility index (Phi) is 3.15. The van der Waals surface area contributed by atoms with Crippen LogP contribution in [0.1, 0.15) is 17.5 Å². The van der Waals surface area contributed by atoms with Gasteiger partial charge in [0.2, 0.25) is 0 Å². The first-order valence-electron chi connectivity index (χ1n) is 6.05. The van der Waals surface area contributed by atoms with E-state index in [1.807, 2.05) is 6.07 Å². The molecule has 0 radical (unpaired) electrons. The van der Waals surface area contributed by atoms with Crippen LogP contribution in [0.5, 0.6) is 5.75 Å². The molecule has 1 aromatic heterocycles. The normalized spacial score (nSPS) is 18.2. The van der Waals surface area contributed by atoms with Gasteiger partial charge in [0.05, 0.1) is 13.3 Å². The van der Waals surface area contributed by atoms with Crippen LogP contribution in [-0.2, 0) is 12.8 Å². The SMILES string of the molecule is COc1ccc2c(c1)CC(Nc1cnns1)CC2. The van der Waals surface area contributed by atoms with E-state index in [2.05, 4.69) is 27.0 Å². The monoisotopic (exact) mass is 261 g/mol. The van der Waals surface area contributed by atoms with E-state index in [1.165, 1.54) is 22.7 Å². The predicted octanol–water partition coefficient (Wildman–Crippen LogP) is 2.52. The highest BCUT2D eigenvalue weighted by molar-refractivity contribution is 7.09. The maximum absolute atomic E-state index is 5.28. The van der Waals surface area contributed by atoms with Crippen LogP contribution in [0, 0.1) is 0 Å². The fourth-order valence-electron chi connectivity index (χ4n) is 2.42. The van der Waals surface area contributed by atoms with Crippen molar-refractivity contribution in [3.63, 3.8) is 0 Å². The highest BCUT2D eigenvalue weighted by Crippen LogP contribution is 2.27. The average Bonchev–Trinajstić information content (AvgIpc) is 2.90. The molecule has 1 aliphatic rings. The van der Waals surface area contributed by atoms with E-state index in [9.17, 15) is 0 Å². The van der Waals surface area contributed by atoms with Crippen LogP contribution in [0.4, 0.5) is 5.00 Å². The molecule has 1 aromatic carbocycles. The van der Waals surface area contributed by atoms with Gasteiger partial charge in [-0.2, -0.15) is 0 Å². The summed E-state index contributed by atoms with van der Waals surface area (Å²) in [7, 11) is 1.71. The summed E-state index contributed by atoms with van der Waals surface area (Å²) < 4.78 is 9.15. The summed E-state index contributed by atoms with van der Waals surface area (Å²) in [6.45, 7) is 0. The Labute approximate surface area is 110 Å². The maximum atomic E-state index is 5.28. The van der Waals surface area contributed by atoms with Crippen molar-refractivity contribution in [2.24, 2.45) is 0 Å². The van der Waals surface area contributed by atoms with Gasteiger partial charge in [-0.15, -0.1) is 5.10 Å². The number of aromatic nitrogens is 2. The molecule has 1 heterocycles. The predicted molar refractivity (Wildman–Crippen MR) is 72.3 cm³/mol. The fraction of sp³-hybridized carbons (Fsp3) is 0.385. The lowest BCUT2D eigenvalue weighted by molar-refractivity contribution is 0.413. The summed E-state index contributed by atoms with van der Waals surface area (Å²) in [4.78, 5) is 0. The van der Waals surface area contributed by atoms with E-state index in [0.717, 1.165) is 30.0 Å². The Morgan fingerprint density at radius 1 is 1.39 bits per heavy atom. The van der Waals surface area contributed by atoms with Crippen LogP contribution in [0.25, 0.3) is 0 Å². The summed E-state index contributed by atoms with van der Waals surface area (Å²) >= 11 is 1.41. The van der Waals surface area contributed by atoms with Crippen LogP contribution in [0.15, 0.2) is 24.4 Å². The van der Waals surface area contributed by atoms with E-state index in [1.54, 1.807) is 13.3 Å². The van der Waals surface area contributed by atoms with E-state index in [-0.39, 0.29) is 0 Å². The van der Waals surface area contributed by atoms with Crippen molar-refractivity contribution in [2.75, 3.05) is 12.4 Å². The Bertz CT molecular complexity index is 527. The number of hydrogen-bond donors (Lipinski definition) is 1. The number of methoxy groups -OCH3 is 1. The average molecular weight is 261 g/mol. The molecule has 5 heteroatoms. The zero-order chi connectivity index (χ0) is 12.4. The molecule has 0 spiro atoms. The van der Waals surface area contributed by atoms with E-state index in [0.29, 0.717) is 6.04 Å². The molecule has 0 amide bonds. The largest absolute Gasteiger partial charge is 0.497 e. The molecule has 0 saturated carbocycles. The topological polar surface area (TPSA) is 47.0 Å². The van der Waals surface area contributed by atoms with E-state index >= 15 is 0 Å². The molecule has 0 bridgehead atoms. The van der Waals surface area contributed by atoms with Crippen LogP contribution in [0.2, 0.25) is 0 Å². The third-order valence-electron chi connectivity index (χ3n) is 3.35. The Hall–Kier alpha value is -1.62. The number of ether oxygens (including phenoxy) is 1. The minimum Gasteiger partial charge on any atom is -0.497 e. The number of nitrogens with zero attached hydrogens (tertiary/aromatic N) is 2. The first kappa shape index (κ1) is 11.5. The summed E-state index contributed by atoms with van der Waals surface area (Å²) in [5.74, 6) is 0.939. The highest BCUT2D eigenvalue weighted by Gasteiger charge is 2.19. The quantitative estimate of drug-likeness (QED) is 0.922. The van der Waals surface area contributed by atoms with Crippen molar-refractivity contribution in [1.29, 1.82) is 0 Å². The minimum absolute atomic E-state index is 0.465. The number of aryl methyl sites for hydroxylation is 1. The number of rotatable bonds is 3. The molecule has 1 aliphatic carbocycles. The van der Waals surface area contributed by atoms with Crippen molar-refractivity contribution in [2.45, 2.75) is 25.3 Å². The highest BCUT2D eigenvalue weighted by atomic mass is 32.1. The van der Waals surface area contributed by atoms with Gasteiger partial charge >= 0.3 is 0 Å². The lowest BCUT2D eigenvalue weighted by Crippen LogP contribution is -2.26. The van der Waals surface area contributed by atoms with Crippen molar-refractivity contribution in [3.8, 4) is 5.75 Å². The van der Waals surface area contributed by atoms with Crippen LogP contribution < -0.4 is 10.1 Å². The van der Waals surface area contributed by atoms with Crippen LogP contribution in [0.3, 0.4) is 0 Å². The third-order valence-corrected chi connectivity index (χ3v) is 3.95. The lowest BCUT2D eigenvalue weighted by atomic mass is 9.88. The Morgan fingerprint density at radius 2 is 2.33 bits per heavy atom. The molecular formula is C13H15N3OS. The summed E-state index contributed by atoms with van der Waals surface area (Å²) in [5.41, 5.74) is 2.83. The standard InChI is InChI=1S/C13H15N3OS/c1-17-12-5-3-9-2-4-11(6-10(9)7-12)15-13-8-14-16-18-13/h3,5,7-8,11,15H,2,4,6H2,1H3.